The highest BCUT2D eigenvalue weighted by Gasteiger charge is 2.20. The van der Waals surface area contributed by atoms with Crippen LogP contribution in [0.4, 0.5) is 0 Å². The Morgan fingerprint density at radius 2 is 2.20 bits per heavy atom. The van der Waals surface area contributed by atoms with Crippen LogP contribution in [-0.4, -0.2) is 33.8 Å². The second-order valence-electron chi connectivity index (χ2n) is 4.94. The summed E-state index contributed by atoms with van der Waals surface area (Å²) in [6.45, 7) is 5.80. The number of aryl methyl sites for hydroxylation is 1. The number of rotatable bonds is 8. The highest BCUT2D eigenvalue weighted by Crippen LogP contribution is 2.15. The molecule has 0 unspecified atom stereocenters. The van der Waals surface area contributed by atoms with Crippen molar-refractivity contribution < 1.29 is 14.7 Å². The number of hydrogen-bond acceptors (Lipinski definition) is 5. The van der Waals surface area contributed by atoms with Crippen LogP contribution < -0.4 is 5.32 Å². The van der Waals surface area contributed by atoms with Gasteiger partial charge in [0, 0.05) is 11.1 Å². The number of nitrogens with one attached hydrogen (secondary N) is 1. The summed E-state index contributed by atoms with van der Waals surface area (Å²) in [4.78, 5) is 27.1. The van der Waals surface area contributed by atoms with Crippen LogP contribution >= 0.6 is 23.1 Å². The first-order chi connectivity index (χ1) is 9.38. The third kappa shape index (κ3) is 6.38. The number of thiazole rings is 1. The summed E-state index contributed by atoms with van der Waals surface area (Å²) < 4.78 is 0. The molecule has 112 valence electrons. The van der Waals surface area contributed by atoms with E-state index >= 15 is 0 Å². The Bertz CT molecular complexity index is 460. The van der Waals surface area contributed by atoms with Crippen molar-refractivity contribution in [1.29, 1.82) is 0 Å². The number of carboxylic acids is 1. The van der Waals surface area contributed by atoms with Gasteiger partial charge < -0.3 is 10.4 Å². The summed E-state index contributed by atoms with van der Waals surface area (Å²) in [5.41, 5.74) is 0.960. The Balaban J connectivity index is 2.32. The summed E-state index contributed by atoms with van der Waals surface area (Å²) in [7, 11) is 0. The van der Waals surface area contributed by atoms with Crippen molar-refractivity contribution in [2.24, 2.45) is 5.92 Å². The number of carboxylic acid groups (broad SMARTS) is 1. The van der Waals surface area contributed by atoms with Gasteiger partial charge in [-0.15, -0.1) is 23.1 Å². The van der Waals surface area contributed by atoms with Gasteiger partial charge in [0.05, 0.1) is 16.5 Å². The van der Waals surface area contributed by atoms with Gasteiger partial charge in [-0.05, 0) is 19.3 Å². The molecule has 1 aromatic rings. The summed E-state index contributed by atoms with van der Waals surface area (Å²) in [5.74, 6) is -0.0813. The zero-order valence-corrected chi connectivity index (χ0v) is 13.5. The maximum absolute atomic E-state index is 11.7. The maximum Gasteiger partial charge on any atom is 0.326 e. The molecule has 0 radical (unpaired) electrons. The zero-order valence-electron chi connectivity index (χ0n) is 11.9. The molecule has 2 N–H and O–H groups in total. The summed E-state index contributed by atoms with van der Waals surface area (Å²) in [6.07, 6.45) is 0.441. The smallest absolute Gasteiger partial charge is 0.326 e. The average Bonchev–Trinajstić information content (AvgIpc) is 2.73. The van der Waals surface area contributed by atoms with Crippen molar-refractivity contribution in [3.8, 4) is 0 Å². The molecule has 1 heterocycles. The Labute approximate surface area is 127 Å². The number of carbonyl (C=O) groups excluding carboxylic acids is 1. The number of carbonyl (C=O) groups is 2. The Morgan fingerprint density at radius 1 is 1.50 bits per heavy atom. The third-order valence-electron chi connectivity index (χ3n) is 2.49. The number of nitrogens with zero attached hydrogens (tertiary/aromatic N) is 1. The number of hydrogen-bond donors (Lipinski definition) is 2. The van der Waals surface area contributed by atoms with Gasteiger partial charge in [-0.25, -0.2) is 9.78 Å². The first-order valence-electron chi connectivity index (χ1n) is 6.39. The minimum atomic E-state index is -0.979. The van der Waals surface area contributed by atoms with E-state index in [-0.39, 0.29) is 17.6 Å². The average molecular weight is 316 g/mol. The molecule has 0 aliphatic heterocycles. The van der Waals surface area contributed by atoms with E-state index in [0.29, 0.717) is 12.2 Å². The zero-order chi connectivity index (χ0) is 15.1. The Kier molecular flexibility index (Phi) is 7.01. The first kappa shape index (κ1) is 17.0. The standard InChI is InChI=1S/C13H20N2O3S2/c1-8(2)4-11(13(17)18)15-12(16)7-19-5-10-6-20-9(3)14-10/h6,8,11H,4-5,7H2,1-3H3,(H,15,16)(H,17,18)/t11-/m0/s1. The van der Waals surface area contributed by atoms with Crippen LogP contribution in [0.25, 0.3) is 0 Å². The molecule has 0 saturated carbocycles. The Hall–Kier alpha value is -1.08. The van der Waals surface area contributed by atoms with Crippen molar-refractivity contribution >= 4 is 35.0 Å². The molecule has 1 rings (SSSR count). The fourth-order valence-electron chi connectivity index (χ4n) is 1.65. The van der Waals surface area contributed by atoms with E-state index in [1.807, 2.05) is 26.2 Å². The lowest BCUT2D eigenvalue weighted by atomic mass is 10.0. The van der Waals surface area contributed by atoms with Crippen molar-refractivity contribution in [3.05, 3.63) is 16.1 Å². The van der Waals surface area contributed by atoms with Gasteiger partial charge in [0.15, 0.2) is 0 Å². The van der Waals surface area contributed by atoms with Crippen molar-refractivity contribution in [3.63, 3.8) is 0 Å². The van der Waals surface area contributed by atoms with E-state index < -0.39 is 12.0 Å². The van der Waals surface area contributed by atoms with E-state index in [9.17, 15) is 9.59 Å². The van der Waals surface area contributed by atoms with Crippen LogP contribution in [0.3, 0.4) is 0 Å². The van der Waals surface area contributed by atoms with Crippen molar-refractivity contribution in [1.82, 2.24) is 10.3 Å². The molecule has 1 aromatic heterocycles. The lowest BCUT2D eigenvalue weighted by Gasteiger charge is -2.16. The summed E-state index contributed by atoms with van der Waals surface area (Å²) in [5, 5.41) is 14.6. The van der Waals surface area contributed by atoms with Crippen LogP contribution in [0.5, 0.6) is 0 Å². The SMILES string of the molecule is Cc1nc(CSCC(=O)N[C@@H](CC(C)C)C(=O)O)cs1. The van der Waals surface area contributed by atoms with Crippen LogP contribution in [-0.2, 0) is 15.3 Å². The fraction of sp³-hybridized carbons (Fsp3) is 0.615. The lowest BCUT2D eigenvalue weighted by Crippen LogP contribution is -2.42. The molecule has 5 nitrogen and oxygen atoms in total. The number of amides is 1. The second-order valence-corrected chi connectivity index (χ2v) is 6.99. The summed E-state index contributed by atoms with van der Waals surface area (Å²) >= 11 is 3.02. The molecule has 7 heteroatoms. The summed E-state index contributed by atoms with van der Waals surface area (Å²) in [6, 6.07) is -0.801. The Morgan fingerprint density at radius 3 is 2.70 bits per heavy atom. The van der Waals surface area contributed by atoms with Crippen LogP contribution in [0, 0.1) is 12.8 Å². The largest absolute Gasteiger partial charge is 0.480 e. The van der Waals surface area contributed by atoms with E-state index in [4.69, 9.17) is 5.11 Å². The predicted molar refractivity (Wildman–Crippen MR) is 82.0 cm³/mol. The molecule has 0 aliphatic rings. The molecule has 0 aromatic carbocycles. The van der Waals surface area contributed by atoms with E-state index in [1.165, 1.54) is 11.8 Å². The first-order valence-corrected chi connectivity index (χ1v) is 8.42. The monoisotopic (exact) mass is 316 g/mol. The molecule has 0 spiro atoms. The van der Waals surface area contributed by atoms with E-state index in [1.54, 1.807) is 11.3 Å². The quantitative estimate of drug-likeness (QED) is 0.769. The third-order valence-corrected chi connectivity index (χ3v) is 4.28. The molecule has 1 atom stereocenters. The van der Waals surface area contributed by atoms with Gasteiger partial charge in [0.25, 0.3) is 0 Å². The van der Waals surface area contributed by atoms with E-state index in [0.717, 1.165) is 10.7 Å². The molecule has 0 bridgehead atoms. The number of aromatic nitrogens is 1. The molecule has 0 fully saturated rings. The minimum Gasteiger partial charge on any atom is -0.480 e. The van der Waals surface area contributed by atoms with Gasteiger partial charge in [0.2, 0.25) is 5.91 Å². The number of aliphatic carboxylic acids is 1. The van der Waals surface area contributed by atoms with Gasteiger partial charge in [-0.1, -0.05) is 13.8 Å². The van der Waals surface area contributed by atoms with Crippen LogP contribution in [0.1, 0.15) is 31.0 Å². The van der Waals surface area contributed by atoms with Gasteiger partial charge in [0.1, 0.15) is 6.04 Å². The lowest BCUT2D eigenvalue weighted by molar-refractivity contribution is -0.141. The number of thioether (sulfide) groups is 1. The molecular formula is C13H20N2O3S2. The highest BCUT2D eigenvalue weighted by atomic mass is 32.2. The molecule has 0 aliphatic carbocycles. The van der Waals surface area contributed by atoms with Gasteiger partial charge in [-0.3, -0.25) is 4.79 Å². The second kappa shape index (κ2) is 8.26. The highest BCUT2D eigenvalue weighted by molar-refractivity contribution is 7.99. The van der Waals surface area contributed by atoms with Crippen LogP contribution in [0.15, 0.2) is 5.38 Å². The topological polar surface area (TPSA) is 79.3 Å². The van der Waals surface area contributed by atoms with E-state index in [2.05, 4.69) is 10.3 Å². The van der Waals surface area contributed by atoms with Gasteiger partial charge >= 0.3 is 5.97 Å². The van der Waals surface area contributed by atoms with Crippen LogP contribution in [0.2, 0.25) is 0 Å². The fourth-order valence-corrected chi connectivity index (χ4v) is 3.10. The predicted octanol–water partition coefficient (Wildman–Crippen LogP) is 2.30. The molecule has 1 amide bonds. The van der Waals surface area contributed by atoms with Gasteiger partial charge in [-0.2, -0.15) is 0 Å². The molecule has 20 heavy (non-hydrogen) atoms. The minimum absolute atomic E-state index is 0.224. The molecular weight excluding hydrogens is 296 g/mol. The normalized spacial score (nSPS) is 12.4. The maximum atomic E-state index is 11.7. The van der Waals surface area contributed by atoms with Crippen molar-refractivity contribution in [2.45, 2.75) is 39.0 Å². The molecule has 0 saturated heterocycles. The van der Waals surface area contributed by atoms with Crippen molar-refractivity contribution in [2.75, 3.05) is 5.75 Å².